The van der Waals surface area contributed by atoms with Crippen LogP contribution in [0.1, 0.15) is 37.4 Å². The van der Waals surface area contributed by atoms with Gasteiger partial charge in [-0.1, -0.05) is 18.2 Å². The summed E-state index contributed by atoms with van der Waals surface area (Å²) in [4.78, 5) is 38.8. The molecule has 2 aliphatic rings. The molecule has 2 amide bonds. The highest BCUT2D eigenvalue weighted by Gasteiger charge is 2.30. The third-order valence-corrected chi connectivity index (χ3v) is 7.75. The van der Waals surface area contributed by atoms with Gasteiger partial charge < -0.3 is 39.6 Å². The maximum atomic E-state index is 13.6. The molecule has 1 aliphatic heterocycles. The SMILES string of the molecule is COc1cc2c(c(OC)c1OC)-c1ccc(N[C@@H](C)C(=O)NCC3COc4ccccc4O3)c(=O)cc1[C@@H](NC(C)=O)CC2. The van der Waals surface area contributed by atoms with Gasteiger partial charge in [-0.2, -0.15) is 0 Å². The van der Waals surface area contributed by atoms with Gasteiger partial charge in [0.2, 0.25) is 23.0 Å². The van der Waals surface area contributed by atoms with Crippen LogP contribution in [0.15, 0.2) is 53.3 Å². The number of hydrogen-bond donors (Lipinski definition) is 3. The first-order valence-electron chi connectivity index (χ1n) is 14.4. The second-order valence-electron chi connectivity index (χ2n) is 10.7. The Bertz CT molecular complexity index is 1630. The lowest BCUT2D eigenvalue weighted by molar-refractivity contribution is -0.122. The van der Waals surface area contributed by atoms with Gasteiger partial charge in [0.05, 0.1) is 39.6 Å². The maximum Gasteiger partial charge on any atom is 0.242 e. The molecule has 11 nitrogen and oxygen atoms in total. The van der Waals surface area contributed by atoms with Crippen LogP contribution in [0.5, 0.6) is 28.7 Å². The smallest absolute Gasteiger partial charge is 0.242 e. The lowest BCUT2D eigenvalue weighted by atomic mass is 9.95. The number of methoxy groups -OCH3 is 3. The van der Waals surface area contributed by atoms with Crippen LogP contribution in [0.3, 0.4) is 0 Å². The molecule has 11 heteroatoms. The molecule has 1 unspecified atom stereocenters. The standard InChI is InChI=1S/C33H37N3O8/c1-18(33(39)34-16-21-17-43-27-8-6-7-9-28(27)44-21)35-25-13-11-22-23(15-26(25)38)24(36-19(2)37)12-10-20-14-29(40-3)31(41-4)32(42-5)30(20)22/h6-9,11,13-15,18,21,24H,10,12,16-17H2,1-5H3,(H,34,39)(H,35,38)(H,36,37)/t18-,21?,24-/m0/s1. The summed E-state index contributed by atoms with van der Waals surface area (Å²) < 4.78 is 28.7. The molecule has 5 rings (SSSR count). The molecule has 0 saturated heterocycles. The van der Waals surface area contributed by atoms with Gasteiger partial charge in [-0.25, -0.2) is 0 Å². The second-order valence-corrected chi connectivity index (χ2v) is 10.7. The fourth-order valence-corrected chi connectivity index (χ4v) is 5.66. The number of para-hydroxylation sites is 2. The zero-order chi connectivity index (χ0) is 31.4. The van der Waals surface area contributed by atoms with E-state index in [9.17, 15) is 14.4 Å². The number of amides is 2. The molecule has 1 aliphatic carbocycles. The van der Waals surface area contributed by atoms with Gasteiger partial charge in [-0.15, -0.1) is 0 Å². The van der Waals surface area contributed by atoms with Crippen LogP contribution < -0.4 is 45.1 Å². The van der Waals surface area contributed by atoms with Crippen molar-refractivity contribution in [1.29, 1.82) is 0 Å². The summed E-state index contributed by atoms with van der Waals surface area (Å²) in [7, 11) is 4.64. The number of rotatable bonds is 9. The van der Waals surface area contributed by atoms with E-state index >= 15 is 0 Å². The van der Waals surface area contributed by atoms with E-state index in [0.29, 0.717) is 59.3 Å². The predicted molar refractivity (Wildman–Crippen MR) is 165 cm³/mol. The number of benzene rings is 2. The highest BCUT2D eigenvalue weighted by molar-refractivity contribution is 5.85. The second kappa shape index (κ2) is 13.2. The molecule has 1 heterocycles. The Morgan fingerprint density at radius 1 is 1.00 bits per heavy atom. The molecule has 3 aromatic rings. The zero-order valence-corrected chi connectivity index (χ0v) is 25.4. The van der Waals surface area contributed by atoms with Gasteiger partial charge in [0, 0.05) is 12.5 Å². The van der Waals surface area contributed by atoms with Gasteiger partial charge >= 0.3 is 0 Å². The molecule has 0 fully saturated rings. The summed E-state index contributed by atoms with van der Waals surface area (Å²) in [5, 5.41) is 8.93. The van der Waals surface area contributed by atoms with Gasteiger partial charge in [-0.05, 0) is 66.8 Å². The third-order valence-electron chi connectivity index (χ3n) is 7.75. The first-order valence-corrected chi connectivity index (χ1v) is 14.4. The van der Waals surface area contributed by atoms with E-state index in [-0.39, 0.29) is 35.6 Å². The summed E-state index contributed by atoms with van der Waals surface area (Å²) in [6.45, 7) is 3.67. The summed E-state index contributed by atoms with van der Waals surface area (Å²) >= 11 is 0. The van der Waals surface area contributed by atoms with Crippen LogP contribution in [-0.2, 0) is 16.0 Å². The molecule has 0 radical (unpaired) electrons. The number of carbonyl (C=O) groups is 2. The quantitative estimate of drug-likeness (QED) is 0.335. The normalized spacial score (nSPS) is 17.1. The first kappa shape index (κ1) is 30.5. The summed E-state index contributed by atoms with van der Waals surface area (Å²) in [5.74, 6) is 2.18. The molecule has 3 atom stereocenters. The number of fused-ring (bicyclic) bond motifs is 4. The average Bonchev–Trinajstić information content (AvgIpc) is 3.26. The minimum Gasteiger partial charge on any atom is -0.493 e. The lowest BCUT2D eigenvalue weighted by Gasteiger charge is -2.27. The van der Waals surface area contributed by atoms with Crippen LogP contribution in [0.25, 0.3) is 11.1 Å². The Labute approximate surface area is 255 Å². The molecule has 3 N–H and O–H groups in total. The highest BCUT2D eigenvalue weighted by Crippen LogP contribution is 2.50. The largest absolute Gasteiger partial charge is 0.493 e. The van der Waals surface area contributed by atoms with Crippen LogP contribution >= 0.6 is 0 Å². The molecule has 44 heavy (non-hydrogen) atoms. The third kappa shape index (κ3) is 6.22. The highest BCUT2D eigenvalue weighted by atomic mass is 16.6. The summed E-state index contributed by atoms with van der Waals surface area (Å²) in [5.41, 5.74) is 2.90. The van der Waals surface area contributed by atoms with E-state index in [4.69, 9.17) is 23.7 Å². The number of nitrogens with one attached hydrogen (secondary N) is 3. The van der Waals surface area contributed by atoms with Crippen molar-refractivity contribution < 1.29 is 33.3 Å². The molecule has 232 valence electrons. The van der Waals surface area contributed by atoms with Crippen molar-refractivity contribution in [2.24, 2.45) is 0 Å². The summed E-state index contributed by atoms with van der Waals surface area (Å²) in [6.07, 6.45) is 0.783. The minimum absolute atomic E-state index is 0.215. The number of ether oxygens (including phenoxy) is 5. The van der Waals surface area contributed by atoms with Crippen LogP contribution in [-0.4, -0.2) is 58.4 Å². The Kier molecular flexibility index (Phi) is 9.12. The molecular weight excluding hydrogens is 566 g/mol. The minimum atomic E-state index is -0.737. The molecule has 0 spiro atoms. The van der Waals surface area contributed by atoms with Crippen molar-refractivity contribution in [3.8, 4) is 39.9 Å². The average molecular weight is 604 g/mol. The fraction of sp³-hybridized carbons (Fsp3) is 0.364. The molecule has 3 aromatic carbocycles. The van der Waals surface area contributed by atoms with Gasteiger partial charge in [0.1, 0.15) is 18.8 Å². The van der Waals surface area contributed by atoms with E-state index < -0.39 is 12.1 Å². The van der Waals surface area contributed by atoms with E-state index in [1.165, 1.54) is 20.1 Å². The van der Waals surface area contributed by atoms with Crippen molar-refractivity contribution in [3.63, 3.8) is 0 Å². The van der Waals surface area contributed by atoms with Crippen molar-refractivity contribution in [2.45, 2.75) is 44.9 Å². The van der Waals surface area contributed by atoms with Gasteiger partial charge in [-0.3, -0.25) is 14.4 Å². The molecule has 0 saturated carbocycles. The van der Waals surface area contributed by atoms with E-state index in [1.54, 1.807) is 27.2 Å². The Hall–Kier alpha value is -4.93. The van der Waals surface area contributed by atoms with E-state index in [0.717, 1.165) is 11.1 Å². The Balaban J connectivity index is 1.43. The van der Waals surface area contributed by atoms with Crippen LogP contribution in [0.2, 0.25) is 0 Å². The number of hydrogen-bond acceptors (Lipinski definition) is 9. The monoisotopic (exact) mass is 603 g/mol. The van der Waals surface area contributed by atoms with Crippen molar-refractivity contribution >= 4 is 17.5 Å². The maximum absolute atomic E-state index is 13.6. The van der Waals surface area contributed by atoms with E-state index in [1.807, 2.05) is 36.4 Å². The topological polar surface area (TPSA) is 133 Å². The van der Waals surface area contributed by atoms with Crippen molar-refractivity contribution in [3.05, 3.63) is 69.9 Å². The van der Waals surface area contributed by atoms with Gasteiger partial charge in [0.15, 0.2) is 23.0 Å². The zero-order valence-electron chi connectivity index (χ0n) is 25.4. The number of aryl methyl sites for hydroxylation is 1. The Morgan fingerprint density at radius 2 is 1.75 bits per heavy atom. The first-order chi connectivity index (χ1) is 21.2. The number of carbonyl (C=O) groups excluding carboxylic acids is 2. The lowest BCUT2D eigenvalue weighted by Crippen LogP contribution is -2.45. The molecular formula is C33H37N3O8. The van der Waals surface area contributed by atoms with E-state index in [2.05, 4.69) is 16.0 Å². The van der Waals surface area contributed by atoms with Gasteiger partial charge in [0.25, 0.3) is 0 Å². The molecule has 0 aromatic heterocycles. The fourth-order valence-electron chi connectivity index (χ4n) is 5.66. The van der Waals surface area contributed by atoms with Crippen LogP contribution in [0, 0.1) is 0 Å². The number of anilines is 1. The van der Waals surface area contributed by atoms with Crippen LogP contribution in [0.4, 0.5) is 5.69 Å². The predicted octanol–water partition coefficient (Wildman–Crippen LogP) is 3.62. The molecule has 0 bridgehead atoms. The van der Waals surface area contributed by atoms with Crippen molar-refractivity contribution in [2.75, 3.05) is 39.8 Å². The summed E-state index contributed by atoms with van der Waals surface area (Å²) in [6, 6.07) is 13.1. The van der Waals surface area contributed by atoms with Crippen molar-refractivity contribution in [1.82, 2.24) is 10.6 Å². The Morgan fingerprint density at radius 3 is 2.45 bits per heavy atom.